The lowest BCUT2D eigenvalue weighted by molar-refractivity contribution is 1.27. The van der Waals surface area contributed by atoms with E-state index in [-0.39, 0.29) is 0 Å². The van der Waals surface area contributed by atoms with Gasteiger partial charge in [-0.1, -0.05) is 42.5 Å². The summed E-state index contributed by atoms with van der Waals surface area (Å²) in [5, 5.41) is 0. The van der Waals surface area contributed by atoms with Crippen molar-refractivity contribution in [2.75, 3.05) is 0 Å². The topological polar surface area (TPSA) is 12.4 Å². The van der Waals surface area contributed by atoms with Crippen LogP contribution >= 0.6 is 0 Å². The SMILES string of the molecule is [CH2]Cc1ccc(N=Cc2ccccc2)cc1. The van der Waals surface area contributed by atoms with Gasteiger partial charge >= 0.3 is 0 Å². The Morgan fingerprint density at radius 1 is 0.938 bits per heavy atom. The second-order valence-electron chi connectivity index (χ2n) is 3.59. The summed E-state index contributed by atoms with van der Waals surface area (Å²) in [6.45, 7) is 3.84. The Kier molecular flexibility index (Phi) is 3.50. The molecule has 0 aliphatic heterocycles. The highest BCUT2D eigenvalue weighted by molar-refractivity contribution is 5.81. The summed E-state index contributed by atoms with van der Waals surface area (Å²) >= 11 is 0. The van der Waals surface area contributed by atoms with Gasteiger partial charge in [-0.15, -0.1) is 0 Å². The van der Waals surface area contributed by atoms with Crippen LogP contribution in [0.15, 0.2) is 59.6 Å². The number of rotatable bonds is 3. The quantitative estimate of drug-likeness (QED) is 0.680. The molecule has 0 saturated heterocycles. The molecule has 0 aromatic heterocycles. The lowest BCUT2D eigenvalue weighted by atomic mass is 10.1. The largest absolute Gasteiger partial charge is 0.256 e. The molecule has 0 fully saturated rings. The summed E-state index contributed by atoms with van der Waals surface area (Å²) < 4.78 is 0. The van der Waals surface area contributed by atoms with Crippen LogP contribution in [0.1, 0.15) is 11.1 Å². The molecule has 0 bridgehead atoms. The van der Waals surface area contributed by atoms with Gasteiger partial charge in [-0.2, -0.15) is 0 Å². The van der Waals surface area contributed by atoms with E-state index < -0.39 is 0 Å². The predicted octanol–water partition coefficient (Wildman–Crippen LogP) is 3.81. The maximum Gasteiger partial charge on any atom is 0.0630 e. The molecular weight excluding hydrogens is 194 g/mol. The molecule has 0 heterocycles. The third-order valence-corrected chi connectivity index (χ3v) is 2.39. The predicted molar refractivity (Wildman–Crippen MR) is 69.2 cm³/mol. The molecule has 2 rings (SSSR count). The maximum atomic E-state index is 4.41. The standard InChI is InChI=1S/C15H14N/c1-2-13-8-10-15(11-9-13)16-12-14-6-4-3-5-7-14/h3-12H,1-2H2. The number of hydrogen-bond donors (Lipinski definition) is 0. The number of nitrogens with zero attached hydrogens (tertiary/aromatic N) is 1. The van der Waals surface area contributed by atoms with Crippen molar-refractivity contribution >= 4 is 11.9 Å². The normalized spacial score (nSPS) is 10.8. The molecule has 2 aromatic carbocycles. The lowest BCUT2D eigenvalue weighted by Gasteiger charge is -1.97. The van der Waals surface area contributed by atoms with E-state index in [4.69, 9.17) is 0 Å². The van der Waals surface area contributed by atoms with Gasteiger partial charge in [0, 0.05) is 6.21 Å². The fourth-order valence-corrected chi connectivity index (χ4v) is 1.44. The molecule has 1 nitrogen and oxygen atoms in total. The van der Waals surface area contributed by atoms with Gasteiger partial charge in [-0.25, -0.2) is 0 Å². The zero-order chi connectivity index (χ0) is 11.2. The van der Waals surface area contributed by atoms with Crippen molar-refractivity contribution < 1.29 is 0 Å². The van der Waals surface area contributed by atoms with Crippen LogP contribution < -0.4 is 0 Å². The molecule has 0 amide bonds. The molecule has 1 radical (unpaired) electrons. The molecular formula is C15H14N. The van der Waals surface area contributed by atoms with E-state index in [2.05, 4.69) is 24.0 Å². The molecule has 16 heavy (non-hydrogen) atoms. The van der Waals surface area contributed by atoms with Crippen molar-refractivity contribution in [1.82, 2.24) is 0 Å². The summed E-state index contributed by atoms with van der Waals surface area (Å²) in [7, 11) is 0. The smallest absolute Gasteiger partial charge is 0.0630 e. The van der Waals surface area contributed by atoms with E-state index in [0.29, 0.717) is 0 Å². The molecule has 0 N–H and O–H groups in total. The molecule has 0 aliphatic rings. The molecule has 0 spiro atoms. The maximum absolute atomic E-state index is 4.41. The second kappa shape index (κ2) is 5.26. The third-order valence-electron chi connectivity index (χ3n) is 2.39. The number of benzene rings is 2. The first-order valence-electron chi connectivity index (χ1n) is 5.36. The Morgan fingerprint density at radius 3 is 2.25 bits per heavy atom. The van der Waals surface area contributed by atoms with Crippen LogP contribution in [-0.2, 0) is 6.42 Å². The molecule has 0 unspecified atom stereocenters. The van der Waals surface area contributed by atoms with Crippen molar-refractivity contribution in [3.63, 3.8) is 0 Å². The number of hydrogen-bond acceptors (Lipinski definition) is 1. The summed E-state index contributed by atoms with van der Waals surface area (Å²) in [4.78, 5) is 4.41. The van der Waals surface area contributed by atoms with Gasteiger partial charge in [0.2, 0.25) is 0 Å². The summed E-state index contributed by atoms with van der Waals surface area (Å²) in [6, 6.07) is 18.2. The van der Waals surface area contributed by atoms with Gasteiger partial charge in [0.15, 0.2) is 0 Å². The number of aliphatic imine (C=N–C) groups is 1. The Bertz CT molecular complexity index is 455. The van der Waals surface area contributed by atoms with E-state index in [0.717, 1.165) is 17.7 Å². The van der Waals surface area contributed by atoms with Crippen molar-refractivity contribution in [2.45, 2.75) is 6.42 Å². The fourth-order valence-electron chi connectivity index (χ4n) is 1.44. The fraction of sp³-hybridized carbons (Fsp3) is 0.0667. The Labute approximate surface area is 96.5 Å². The first kappa shape index (κ1) is 10.6. The molecule has 0 atom stereocenters. The third kappa shape index (κ3) is 2.80. The van der Waals surface area contributed by atoms with Gasteiger partial charge in [-0.05, 0) is 36.6 Å². The average Bonchev–Trinajstić information content (AvgIpc) is 2.38. The molecule has 1 heteroatoms. The van der Waals surface area contributed by atoms with Gasteiger partial charge in [0.25, 0.3) is 0 Å². The van der Waals surface area contributed by atoms with Crippen LogP contribution in [0.5, 0.6) is 0 Å². The Hall–Kier alpha value is -1.89. The van der Waals surface area contributed by atoms with Crippen molar-refractivity contribution in [3.05, 3.63) is 72.6 Å². The highest BCUT2D eigenvalue weighted by Crippen LogP contribution is 2.13. The lowest BCUT2D eigenvalue weighted by Crippen LogP contribution is -1.79. The first-order chi connectivity index (χ1) is 7.88. The van der Waals surface area contributed by atoms with E-state index in [1.54, 1.807) is 0 Å². The van der Waals surface area contributed by atoms with Gasteiger partial charge in [-0.3, -0.25) is 4.99 Å². The molecule has 79 valence electrons. The van der Waals surface area contributed by atoms with Crippen molar-refractivity contribution in [2.24, 2.45) is 4.99 Å². The van der Waals surface area contributed by atoms with Crippen LogP contribution in [-0.4, -0.2) is 6.21 Å². The van der Waals surface area contributed by atoms with E-state index >= 15 is 0 Å². The van der Waals surface area contributed by atoms with Crippen LogP contribution in [0.3, 0.4) is 0 Å². The van der Waals surface area contributed by atoms with Gasteiger partial charge in [0.1, 0.15) is 0 Å². The summed E-state index contributed by atoms with van der Waals surface area (Å²) in [6.07, 6.45) is 2.70. The Balaban J connectivity index is 2.12. The van der Waals surface area contributed by atoms with Crippen molar-refractivity contribution in [3.8, 4) is 0 Å². The minimum atomic E-state index is 0.822. The van der Waals surface area contributed by atoms with Crippen LogP contribution in [0, 0.1) is 6.92 Å². The minimum Gasteiger partial charge on any atom is -0.256 e. The van der Waals surface area contributed by atoms with Crippen LogP contribution in [0.4, 0.5) is 5.69 Å². The molecule has 2 aromatic rings. The van der Waals surface area contributed by atoms with Crippen LogP contribution in [0.2, 0.25) is 0 Å². The highest BCUT2D eigenvalue weighted by Gasteiger charge is 1.90. The van der Waals surface area contributed by atoms with E-state index in [1.165, 1.54) is 5.56 Å². The van der Waals surface area contributed by atoms with E-state index in [9.17, 15) is 0 Å². The van der Waals surface area contributed by atoms with E-state index in [1.807, 2.05) is 48.7 Å². The summed E-state index contributed by atoms with van der Waals surface area (Å²) in [5.41, 5.74) is 3.32. The average molecular weight is 208 g/mol. The van der Waals surface area contributed by atoms with Crippen LogP contribution in [0.25, 0.3) is 0 Å². The zero-order valence-corrected chi connectivity index (χ0v) is 9.13. The van der Waals surface area contributed by atoms with Gasteiger partial charge < -0.3 is 0 Å². The Morgan fingerprint density at radius 2 is 1.62 bits per heavy atom. The van der Waals surface area contributed by atoms with Gasteiger partial charge in [0.05, 0.1) is 5.69 Å². The molecule has 0 saturated carbocycles. The minimum absolute atomic E-state index is 0.822. The highest BCUT2D eigenvalue weighted by atomic mass is 14.7. The monoisotopic (exact) mass is 208 g/mol. The zero-order valence-electron chi connectivity index (χ0n) is 9.13. The molecule has 0 aliphatic carbocycles. The van der Waals surface area contributed by atoms with Crippen molar-refractivity contribution in [1.29, 1.82) is 0 Å². The summed E-state index contributed by atoms with van der Waals surface area (Å²) in [5.74, 6) is 0. The first-order valence-corrected chi connectivity index (χ1v) is 5.36. The second-order valence-corrected chi connectivity index (χ2v) is 3.59.